The number of nitriles is 3. The number of allylic oxidation sites excluding steroid dienone is 3. The van der Waals surface area contributed by atoms with Gasteiger partial charge in [0.05, 0.1) is 12.7 Å². The van der Waals surface area contributed by atoms with Crippen molar-refractivity contribution in [2.45, 2.75) is 19.3 Å². The molecular formula is C17H14N4O2. The quantitative estimate of drug-likeness (QED) is 0.858. The van der Waals surface area contributed by atoms with Gasteiger partial charge in [0, 0.05) is 17.5 Å². The fourth-order valence-corrected chi connectivity index (χ4v) is 2.49. The van der Waals surface area contributed by atoms with Crippen LogP contribution in [0.3, 0.4) is 0 Å². The summed E-state index contributed by atoms with van der Waals surface area (Å²) in [4.78, 5) is 0. The molecular weight excluding hydrogens is 292 g/mol. The van der Waals surface area contributed by atoms with E-state index in [1.165, 1.54) is 0 Å². The molecule has 1 aliphatic rings. The number of benzene rings is 1. The molecule has 0 spiro atoms. The smallest absolute Gasteiger partial charge is 0.205 e. The van der Waals surface area contributed by atoms with E-state index in [0.29, 0.717) is 23.5 Å². The van der Waals surface area contributed by atoms with Gasteiger partial charge in [-0.15, -0.1) is 0 Å². The van der Waals surface area contributed by atoms with E-state index in [4.69, 9.17) is 25.7 Å². The third kappa shape index (κ3) is 2.95. The second-order valence-corrected chi connectivity index (χ2v) is 5.03. The summed E-state index contributed by atoms with van der Waals surface area (Å²) in [5.41, 5.74) is 7.55. The highest BCUT2D eigenvalue weighted by Gasteiger charge is 2.30. The normalized spacial score (nSPS) is 15.3. The fraction of sp³-hybridized carbons (Fsp3) is 0.235. The molecule has 23 heavy (non-hydrogen) atoms. The zero-order valence-electron chi connectivity index (χ0n) is 12.8. The average Bonchev–Trinajstić information content (AvgIpc) is 2.55. The van der Waals surface area contributed by atoms with Gasteiger partial charge in [0.2, 0.25) is 5.88 Å². The summed E-state index contributed by atoms with van der Waals surface area (Å²) in [6.45, 7) is 1.70. The number of fused-ring (bicyclic) bond motifs is 1. The summed E-state index contributed by atoms with van der Waals surface area (Å²) in [6, 6.07) is 11.0. The highest BCUT2D eigenvalue weighted by molar-refractivity contribution is 5.53. The Morgan fingerprint density at radius 1 is 1.30 bits per heavy atom. The van der Waals surface area contributed by atoms with Crippen molar-refractivity contribution in [2.75, 3.05) is 7.11 Å². The maximum absolute atomic E-state index is 9.39. The molecule has 1 aromatic carbocycles. The lowest BCUT2D eigenvalue weighted by Gasteiger charge is -2.26. The lowest BCUT2D eigenvalue weighted by molar-refractivity contribution is 0.376. The number of nitrogens with zero attached hydrogens (tertiary/aromatic N) is 3. The van der Waals surface area contributed by atoms with Crippen LogP contribution in [0, 0.1) is 34.0 Å². The van der Waals surface area contributed by atoms with Gasteiger partial charge < -0.3 is 15.2 Å². The van der Waals surface area contributed by atoms with Crippen LogP contribution < -0.4 is 15.2 Å². The zero-order valence-corrected chi connectivity index (χ0v) is 12.8. The van der Waals surface area contributed by atoms with Crippen LogP contribution in [0.5, 0.6) is 11.5 Å². The summed E-state index contributed by atoms with van der Waals surface area (Å²) in [6.07, 6.45) is 0.336. The van der Waals surface area contributed by atoms with Crippen LogP contribution in [-0.4, -0.2) is 7.11 Å². The van der Waals surface area contributed by atoms with Gasteiger partial charge in [-0.2, -0.15) is 15.8 Å². The maximum Gasteiger partial charge on any atom is 0.205 e. The van der Waals surface area contributed by atoms with Gasteiger partial charge >= 0.3 is 0 Å². The van der Waals surface area contributed by atoms with E-state index in [1.807, 2.05) is 12.1 Å². The van der Waals surface area contributed by atoms with Gasteiger partial charge in [0.1, 0.15) is 35.3 Å². The first-order valence-corrected chi connectivity index (χ1v) is 6.81. The number of hydrogen-bond acceptors (Lipinski definition) is 6. The molecule has 0 saturated heterocycles. The average molecular weight is 306 g/mol. The zero-order chi connectivity index (χ0) is 17.0. The highest BCUT2D eigenvalue weighted by Crippen LogP contribution is 2.42. The summed E-state index contributed by atoms with van der Waals surface area (Å²) in [5, 5.41) is 27.4. The molecule has 2 N–H and O–H groups in total. The van der Waals surface area contributed by atoms with Crippen molar-refractivity contribution in [3.8, 4) is 29.7 Å². The van der Waals surface area contributed by atoms with Crippen LogP contribution in [-0.2, 0) is 0 Å². The Labute approximate surface area is 134 Å². The van der Waals surface area contributed by atoms with Crippen molar-refractivity contribution >= 4 is 0 Å². The topological polar surface area (TPSA) is 116 Å². The van der Waals surface area contributed by atoms with Gasteiger partial charge in [0.25, 0.3) is 0 Å². The van der Waals surface area contributed by atoms with Crippen molar-refractivity contribution in [3.63, 3.8) is 0 Å². The molecule has 0 amide bonds. The molecule has 0 aromatic heterocycles. The van der Waals surface area contributed by atoms with Crippen LogP contribution >= 0.6 is 0 Å². The number of rotatable bonds is 3. The molecule has 6 nitrogen and oxygen atoms in total. The highest BCUT2D eigenvalue weighted by atomic mass is 16.5. The van der Waals surface area contributed by atoms with Crippen LogP contribution in [0.4, 0.5) is 0 Å². The molecule has 1 aromatic rings. The Bertz CT molecular complexity index is 816. The Kier molecular flexibility index (Phi) is 4.55. The minimum absolute atomic E-state index is 0.0292. The summed E-state index contributed by atoms with van der Waals surface area (Å²) in [7, 11) is 1.54. The van der Waals surface area contributed by atoms with Gasteiger partial charge in [-0.05, 0) is 25.0 Å². The van der Waals surface area contributed by atoms with Crippen molar-refractivity contribution in [3.05, 3.63) is 46.4 Å². The molecule has 1 atom stereocenters. The maximum atomic E-state index is 9.39. The van der Waals surface area contributed by atoms with Crippen LogP contribution in [0.15, 0.2) is 40.8 Å². The standard InChI is InChI=1S/C17H14N4O2/c1-10(11(7-18)8-19)5-14-13-4-3-12(22-2)6-16(13)23-17(21)15(14)9-20/h3-4,6,14H,5,21H2,1-2H3/t14-/m0/s1. The lowest BCUT2D eigenvalue weighted by atomic mass is 9.83. The molecule has 114 valence electrons. The summed E-state index contributed by atoms with van der Waals surface area (Å²) >= 11 is 0. The minimum Gasteiger partial charge on any atom is -0.497 e. The van der Waals surface area contributed by atoms with Crippen LogP contribution in [0.1, 0.15) is 24.8 Å². The first kappa shape index (κ1) is 15.9. The summed E-state index contributed by atoms with van der Waals surface area (Å²) in [5.74, 6) is 0.778. The monoisotopic (exact) mass is 306 g/mol. The number of hydrogen-bond donors (Lipinski definition) is 1. The van der Waals surface area contributed by atoms with Crippen molar-refractivity contribution in [1.29, 1.82) is 15.8 Å². The largest absolute Gasteiger partial charge is 0.497 e. The van der Waals surface area contributed by atoms with Gasteiger partial charge in [-0.1, -0.05) is 6.07 Å². The third-order valence-corrected chi connectivity index (χ3v) is 3.71. The Morgan fingerprint density at radius 2 is 2.00 bits per heavy atom. The molecule has 0 unspecified atom stereocenters. The van der Waals surface area contributed by atoms with Crippen molar-refractivity contribution in [2.24, 2.45) is 5.73 Å². The minimum atomic E-state index is -0.369. The van der Waals surface area contributed by atoms with E-state index in [9.17, 15) is 5.26 Å². The first-order valence-electron chi connectivity index (χ1n) is 6.81. The predicted octanol–water partition coefficient (Wildman–Crippen LogP) is 2.62. The number of ether oxygens (including phenoxy) is 2. The number of methoxy groups -OCH3 is 1. The molecule has 0 aliphatic carbocycles. The molecule has 0 saturated carbocycles. The van der Waals surface area contributed by atoms with E-state index in [2.05, 4.69) is 6.07 Å². The Morgan fingerprint density at radius 3 is 2.57 bits per heavy atom. The Hall–Kier alpha value is -3.43. The molecule has 2 rings (SSSR count). The van der Waals surface area contributed by atoms with E-state index in [1.54, 1.807) is 32.2 Å². The fourth-order valence-electron chi connectivity index (χ4n) is 2.49. The van der Waals surface area contributed by atoms with E-state index in [0.717, 1.165) is 5.56 Å². The first-order chi connectivity index (χ1) is 11.0. The van der Waals surface area contributed by atoms with Crippen molar-refractivity contribution < 1.29 is 9.47 Å². The van der Waals surface area contributed by atoms with Gasteiger partial charge in [-0.25, -0.2) is 0 Å². The molecule has 1 aliphatic heterocycles. The third-order valence-electron chi connectivity index (χ3n) is 3.71. The SMILES string of the molecule is COc1ccc2c(c1)OC(N)=C(C#N)[C@H]2CC(C)=C(C#N)C#N. The van der Waals surface area contributed by atoms with Crippen LogP contribution in [0.2, 0.25) is 0 Å². The lowest BCUT2D eigenvalue weighted by Crippen LogP contribution is -2.20. The van der Waals surface area contributed by atoms with Crippen molar-refractivity contribution in [1.82, 2.24) is 0 Å². The van der Waals surface area contributed by atoms with E-state index < -0.39 is 0 Å². The molecule has 6 heteroatoms. The predicted molar refractivity (Wildman–Crippen MR) is 81.7 cm³/mol. The molecule has 0 radical (unpaired) electrons. The molecule has 1 heterocycles. The van der Waals surface area contributed by atoms with E-state index in [-0.39, 0.29) is 22.9 Å². The molecule has 0 fully saturated rings. The van der Waals surface area contributed by atoms with E-state index >= 15 is 0 Å². The van der Waals surface area contributed by atoms with Gasteiger partial charge in [-0.3, -0.25) is 0 Å². The summed E-state index contributed by atoms with van der Waals surface area (Å²) < 4.78 is 10.7. The Balaban J connectivity index is 2.54. The van der Waals surface area contributed by atoms with Gasteiger partial charge in [0.15, 0.2) is 0 Å². The second kappa shape index (κ2) is 6.56. The molecule has 0 bridgehead atoms. The second-order valence-electron chi connectivity index (χ2n) is 5.03. The number of nitrogens with two attached hydrogens (primary N) is 1. The van der Waals surface area contributed by atoms with Crippen LogP contribution in [0.25, 0.3) is 0 Å².